The number of rotatable bonds is 8. The minimum atomic E-state index is -0.467. The van der Waals surface area contributed by atoms with Gasteiger partial charge in [-0.3, -0.25) is 0 Å². The molecule has 0 saturated heterocycles. The monoisotopic (exact) mass is 396 g/mol. The third-order valence-corrected chi connectivity index (χ3v) is 5.28. The van der Waals surface area contributed by atoms with Gasteiger partial charge in [0, 0.05) is 0 Å². The second-order valence-corrected chi connectivity index (χ2v) is 8.07. The Morgan fingerprint density at radius 1 is 0.966 bits per heavy atom. The van der Waals surface area contributed by atoms with Gasteiger partial charge < -0.3 is 19.7 Å². The highest BCUT2D eigenvalue weighted by molar-refractivity contribution is 5.68. The van der Waals surface area contributed by atoms with E-state index in [1.807, 2.05) is 25.1 Å². The number of aryl methyl sites for hydroxylation is 1. The summed E-state index contributed by atoms with van der Waals surface area (Å²) in [6.07, 6.45) is 4.64. The van der Waals surface area contributed by atoms with E-state index in [4.69, 9.17) is 9.47 Å². The van der Waals surface area contributed by atoms with E-state index in [1.54, 1.807) is 13.8 Å². The SMILES string of the molecule is Cc1cc(C2=CCC(c3ccc(OCC(C)O)cc3)CC2)ccc1OCC(C)O. The Bertz CT molecular complexity index is 821. The topological polar surface area (TPSA) is 58.9 Å². The molecule has 0 heterocycles. The molecule has 0 radical (unpaired) electrons. The highest BCUT2D eigenvalue weighted by Crippen LogP contribution is 2.37. The zero-order chi connectivity index (χ0) is 20.8. The summed E-state index contributed by atoms with van der Waals surface area (Å²) in [5.74, 6) is 2.16. The molecule has 2 aromatic carbocycles. The lowest BCUT2D eigenvalue weighted by atomic mass is 9.82. The van der Waals surface area contributed by atoms with Crippen LogP contribution in [-0.4, -0.2) is 35.6 Å². The van der Waals surface area contributed by atoms with Crippen LogP contribution in [0.15, 0.2) is 48.5 Å². The Morgan fingerprint density at radius 3 is 2.24 bits per heavy atom. The van der Waals surface area contributed by atoms with E-state index < -0.39 is 12.2 Å². The summed E-state index contributed by atoms with van der Waals surface area (Å²) in [6.45, 7) is 6.12. The van der Waals surface area contributed by atoms with E-state index in [1.165, 1.54) is 16.7 Å². The molecule has 0 aromatic heterocycles. The average Bonchev–Trinajstić information content (AvgIpc) is 2.72. The van der Waals surface area contributed by atoms with Gasteiger partial charge in [-0.25, -0.2) is 0 Å². The Labute approximate surface area is 173 Å². The fraction of sp³-hybridized carbons (Fsp3) is 0.440. The van der Waals surface area contributed by atoms with Crippen molar-refractivity contribution in [2.75, 3.05) is 13.2 Å². The van der Waals surface area contributed by atoms with Gasteiger partial charge in [-0.1, -0.05) is 24.3 Å². The first-order valence-electron chi connectivity index (χ1n) is 10.4. The van der Waals surface area contributed by atoms with Crippen molar-refractivity contribution in [3.63, 3.8) is 0 Å². The van der Waals surface area contributed by atoms with E-state index in [0.717, 1.165) is 36.3 Å². The molecule has 0 aliphatic heterocycles. The van der Waals surface area contributed by atoms with Gasteiger partial charge in [-0.05, 0) is 92.5 Å². The zero-order valence-corrected chi connectivity index (χ0v) is 17.6. The first kappa shape index (κ1) is 21.4. The number of aliphatic hydroxyl groups is 2. The lowest BCUT2D eigenvalue weighted by molar-refractivity contribution is 0.122. The molecular weight excluding hydrogens is 364 g/mol. The number of aliphatic hydroxyl groups excluding tert-OH is 2. The number of benzene rings is 2. The minimum absolute atomic E-state index is 0.313. The summed E-state index contributed by atoms with van der Waals surface area (Å²) in [7, 11) is 0. The molecular formula is C25H32O4. The minimum Gasteiger partial charge on any atom is -0.491 e. The highest BCUT2D eigenvalue weighted by atomic mass is 16.5. The summed E-state index contributed by atoms with van der Waals surface area (Å²) in [5.41, 5.74) is 5.08. The van der Waals surface area contributed by atoms with Crippen molar-refractivity contribution < 1.29 is 19.7 Å². The van der Waals surface area contributed by atoms with Crippen molar-refractivity contribution in [2.45, 2.75) is 58.2 Å². The van der Waals surface area contributed by atoms with Crippen LogP contribution in [0.5, 0.6) is 11.5 Å². The molecule has 3 atom stereocenters. The predicted molar refractivity (Wildman–Crippen MR) is 117 cm³/mol. The number of allylic oxidation sites excluding steroid dienone is 2. The summed E-state index contributed by atoms with van der Waals surface area (Å²) in [4.78, 5) is 0. The molecule has 3 rings (SSSR count). The van der Waals surface area contributed by atoms with Crippen LogP contribution >= 0.6 is 0 Å². The van der Waals surface area contributed by atoms with Crippen molar-refractivity contribution in [3.05, 3.63) is 65.2 Å². The second-order valence-electron chi connectivity index (χ2n) is 8.07. The average molecular weight is 397 g/mol. The number of ether oxygens (including phenoxy) is 2. The van der Waals surface area contributed by atoms with Crippen molar-refractivity contribution in [1.29, 1.82) is 0 Å². The summed E-state index contributed by atoms with van der Waals surface area (Å²) < 4.78 is 11.2. The Hall–Kier alpha value is -2.30. The molecule has 2 aromatic rings. The Kier molecular flexibility index (Phi) is 7.34. The van der Waals surface area contributed by atoms with Gasteiger partial charge in [-0.15, -0.1) is 0 Å². The molecule has 156 valence electrons. The highest BCUT2D eigenvalue weighted by Gasteiger charge is 2.18. The molecule has 0 spiro atoms. The molecule has 3 unspecified atom stereocenters. The van der Waals surface area contributed by atoms with Gasteiger partial charge in [0.2, 0.25) is 0 Å². The van der Waals surface area contributed by atoms with Crippen LogP contribution < -0.4 is 9.47 Å². The summed E-state index contributed by atoms with van der Waals surface area (Å²) in [6, 6.07) is 14.6. The number of hydrogen-bond acceptors (Lipinski definition) is 4. The molecule has 29 heavy (non-hydrogen) atoms. The van der Waals surface area contributed by atoms with Crippen LogP contribution in [0.1, 0.15) is 55.7 Å². The van der Waals surface area contributed by atoms with Gasteiger partial charge in [0.1, 0.15) is 24.7 Å². The maximum atomic E-state index is 9.39. The van der Waals surface area contributed by atoms with E-state index in [9.17, 15) is 10.2 Å². The second kappa shape index (κ2) is 9.95. The van der Waals surface area contributed by atoms with Crippen LogP contribution in [0, 0.1) is 6.92 Å². The maximum absolute atomic E-state index is 9.39. The van der Waals surface area contributed by atoms with Crippen molar-refractivity contribution in [3.8, 4) is 11.5 Å². The molecule has 2 N–H and O–H groups in total. The third kappa shape index (κ3) is 6.09. The molecule has 0 saturated carbocycles. The van der Waals surface area contributed by atoms with Crippen LogP contribution in [0.25, 0.3) is 5.57 Å². The third-order valence-electron chi connectivity index (χ3n) is 5.28. The smallest absolute Gasteiger partial charge is 0.122 e. The molecule has 4 nitrogen and oxygen atoms in total. The van der Waals surface area contributed by atoms with Crippen LogP contribution in [0.3, 0.4) is 0 Å². The Morgan fingerprint density at radius 2 is 1.66 bits per heavy atom. The van der Waals surface area contributed by atoms with Gasteiger partial charge in [0.15, 0.2) is 0 Å². The standard InChI is InChI=1S/C25H32O4/c1-17-14-23(10-13-25(17)29-16-19(3)27)22-6-4-20(5-7-22)21-8-11-24(12-9-21)28-15-18(2)26/h6,8-14,18-20,26-27H,4-5,7,15-16H2,1-3H3. The predicted octanol–water partition coefficient (Wildman–Crippen LogP) is 4.87. The normalized spacial score (nSPS) is 18.7. The molecule has 0 fully saturated rings. The van der Waals surface area contributed by atoms with E-state index in [-0.39, 0.29) is 0 Å². The molecule has 0 amide bonds. The fourth-order valence-electron chi connectivity index (χ4n) is 3.67. The van der Waals surface area contributed by atoms with E-state index in [0.29, 0.717) is 19.1 Å². The van der Waals surface area contributed by atoms with Crippen LogP contribution in [-0.2, 0) is 0 Å². The van der Waals surface area contributed by atoms with Crippen molar-refractivity contribution in [1.82, 2.24) is 0 Å². The van der Waals surface area contributed by atoms with Gasteiger partial charge >= 0.3 is 0 Å². The Balaban J connectivity index is 1.61. The van der Waals surface area contributed by atoms with Crippen molar-refractivity contribution >= 4 is 5.57 Å². The maximum Gasteiger partial charge on any atom is 0.122 e. The first-order valence-corrected chi connectivity index (χ1v) is 10.4. The number of hydrogen-bond donors (Lipinski definition) is 2. The first-order chi connectivity index (χ1) is 13.9. The molecule has 1 aliphatic carbocycles. The van der Waals surface area contributed by atoms with Crippen LogP contribution in [0.4, 0.5) is 0 Å². The molecule has 0 bridgehead atoms. The van der Waals surface area contributed by atoms with Crippen molar-refractivity contribution in [2.24, 2.45) is 0 Å². The quantitative estimate of drug-likeness (QED) is 0.669. The van der Waals surface area contributed by atoms with Crippen LogP contribution in [0.2, 0.25) is 0 Å². The molecule has 1 aliphatic rings. The zero-order valence-electron chi connectivity index (χ0n) is 17.6. The van der Waals surface area contributed by atoms with Gasteiger partial charge in [0.25, 0.3) is 0 Å². The van der Waals surface area contributed by atoms with E-state index in [2.05, 4.69) is 30.3 Å². The molecule has 4 heteroatoms. The fourth-order valence-corrected chi connectivity index (χ4v) is 3.67. The van der Waals surface area contributed by atoms with Gasteiger partial charge in [0.05, 0.1) is 12.2 Å². The summed E-state index contributed by atoms with van der Waals surface area (Å²) >= 11 is 0. The van der Waals surface area contributed by atoms with E-state index >= 15 is 0 Å². The lowest BCUT2D eigenvalue weighted by Gasteiger charge is -2.23. The lowest BCUT2D eigenvalue weighted by Crippen LogP contribution is -2.13. The summed E-state index contributed by atoms with van der Waals surface area (Å²) in [5, 5.41) is 18.7. The van der Waals surface area contributed by atoms with Gasteiger partial charge in [-0.2, -0.15) is 0 Å². The largest absolute Gasteiger partial charge is 0.491 e.